The van der Waals surface area contributed by atoms with E-state index < -0.39 is 11.4 Å². The molecule has 0 spiro atoms. The van der Waals surface area contributed by atoms with Crippen molar-refractivity contribution in [2.45, 2.75) is 19.3 Å². The number of nitrogens with one attached hydrogen (secondary N) is 1. The summed E-state index contributed by atoms with van der Waals surface area (Å²) >= 11 is 1.50. The van der Waals surface area contributed by atoms with Crippen molar-refractivity contribution in [3.8, 4) is 0 Å². The Labute approximate surface area is 96.5 Å². The van der Waals surface area contributed by atoms with Gasteiger partial charge in [0.05, 0.1) is 11.2 Å². The fourth-order valence-electron chi connectivity index (χ4n) is 1.50. The Balaban J connectivity index is 1.79. The number of aliphatic carboxylic acids is 1. The van der Waals surface area contributed by atoms with Crippen LogP contribution in [0.3, 0.4) is 0 Å². The highest BCUT2D eigenvalue weighted by Crippen LogP contribution is 2.45. The van der Waals surface area contributed by atoms with E-state index in [1.807, 2.05) is 5.38 Å². The van der Waals surface area contributed by atoms with E-state index in [9.17, 15) is 9.59 Å². The van der Waals surface area contributed by atoms with E-state index in [1.165, 1.54) is 11.3 Å². The number of hydrogen-bond acceptors (Lipinski definition) is 4. The number of amides is 1. The van der Waals surface area contributed by atoms with Crippen molar-refractivity contribution in [2.75, 3.05) is 6.54 Å². The van der Waals surface area contributed by atoms with E-state index in [-0.39, 0.29) is 5.91 Å². The Bertz CT molecular complexity index is 398. The fourth-order valence-corrected chi connectivity index (χ4v) is 2.09. The normalized spacial score (nSPS) is 16.8. The number of carboxylic acids is 1. The second-order valence-electron chi connectivity index (χ2n) is 3.87. The second kappa shape index (κ2) is 4.21. The maximum absolute atomic E-state index is 11.6. The van der Waals surface area contributed by atoms with E-state index in [0.29, 0.717) is 25.8 Å². The first-order valence-corrected chi connectivity index (χ1v) is 5.98. The van der Waals surface area contributed by atoms with Crippen LogP contribution < -0.4 is 5.32 Å². The average Bonchev–Trinajstić information content (AvgIpc) is 2.92. The molecular formula is C10H12N2O3S. The lowest BCUT2D eigenvalue weighted by Gasteiger charge is -2.09. The molecule has 1 amide bonds. The molecule has 1 aromatic rings. The van der Waals surface area contributed by atoms with E-state index >= 15 is 0 Å². The molecule has 0 unspecified atom stereocenters. The number of rotatable bonds is 5. The van der Waals surface area contributed by atoms with Gasteiger partial charge >= 0.3 is 5.97 Å². The Hall–Kier alpha value is -1.43. The lowest BCUT2D eigenvalue weighted by Crippen LogP contribution is -2.37. The second-order valence-corrected chi connectivity index (χ2v) is 4.59. The molecule has 1 heterocycles. The molecule has 1 saturated carbocycles. The first-order valence-electron chi connectivity index (χ1n) is 5.04. The Morgan fingerprint density at radius 3 is 2.81 bits per heavy atom. The van der Waals surface area contributed by atoms with Crippen molar-refractivity contribution in [3.05, 3.63) is 16.6 Å². The maximum Gasteiger partial charge on any atom is 0.319 e. The summed E-state index contributed by atoms with van der Waals surface area (Å²) in [5.41, 5.74) is 1.52. The molecule has 6 heteroatoms. The van der Waals surface area contributed by atoms with Gasteiger partial charge in [-0.05, 0) is 12.8 Å². The molecule has 86 valence electrons. The summed E-state index contributed by atoms with van der Waals surface area (Å²) in [6.45, 7) is 0.442. The van der Waals surface area contributed by atoms with Crippen molar-refractivity contribution in [3.63, 3.8) is 0 Å². The minimum atomic E-state index is -1.14. The topological polar surface area (TPSA) is 79.3 Å². The van der Waals surface area contributed by atoms with E-state index in [4.69, 9.17) is 5.11 Å². The van der Waals surface area contributed by atoms with Gasteiger partial charge in [-0.1, -0.05) is 0 Å². The van der Waals surface area contributed by atoms with E-state index in [2.05, 4.69) is 10.3 Å². The monoisotopic (exact) mass is 240 g/mol. The van der Waals surface area contributed by atoms with Gasteiger partial charge < -0.3 is 10.4 Å². The molecule has 2 rings (SSSR count). The van der Waals surface area contributed by atoms with Gasteiger partial charge in [-0.2, -0.15) is 0 Å². The van der Waals surface area contributed by atoms with Crippen molar-refractivity contribution in [1.29, 1.82) is 0 Å². The number of hydrogen-bond donors (Lipinski definition) is 2. The molecule has 1 aromatic heterocycles. The molecule has 1 fully saturated rings. The number of thiazole rings is 1. The molecule has 16 heavy (non-hydrogen) atoms. The van der Waals surface area contributed by atoms with Crippen LogP contribution in [0.2, 0.25) is 0 Å². The van der Waals surface area contributed by atoms with Gasteiger partial charge in [-0.15, -0.1) is 11.3 Å². The van der Waals surface area contributed by atoms with Gasteiger partial charge in [-0.3, -0.25) is 9.59 Å². The predicted octanol–water partition coefficient (Wildman–Crippen LogP) is 0.667. The SMILES string of the molecule is O=C(O)C1(C(=O)NCCc2cscn2)CC1. The van der Waals surface area contributed by atoms with E-state index in [1.54, 1.807) is 5.51 Å². The van der Waals surface area contributed by atoms with Crippen molar-refractivity contribution >= 4 is 23.2 Å². The Morgan fingerprint density at radius 2 is 2.31 bits per heavy atom. The molecular weight excluding hydrogens is 228 g/mol. The third kappa shape index (κ3) is 2.06. The summed E-state index contributed by atoms with van der Waals surface area (Å²) in [4.78, 5) is 26.5. The third-order valence-corrected chi connectivity index (χ3v) is 3.38. The van der Waals surface area contributed by atoms with Crippen LogP contribution in [-0.4, -0.2) is 28.5 Å². The molecule has 0 bridgehead atoms. The van der Waals surface area contributed by atoms with Crippen LogP contribution >= 0.6 is 11.3 Å². The number of nitrogens with zero attached hydrogens (tertiary/aromatic N) is 1. The molecule has 0 saturated heterocycles. The smallest absolute Gasteiger partial charge is 0.319 e. The molecule has 0 aliphatic heterocycles. The zero-order valence-corrected chi connectivity index (χ0v) is 9.42. The van der Waals surface area contributed by atoms with E-state index in [0.717, 1.165) is 5.69 Å². The molecule has 1 aliphatic rings. The van der Waals surface area contributed by atoms with Gasteiger partial charge in [-0.25, -0.2) is 4.98 Å². The van der Waals surface area contributed by atoms with Crippen LogP contribution in [0.15, 0.2) is 10.9 Å². The van der Waals surface area contributed by atoms with Crippen molar-refractivity contribution < 1.29 is 14.7 Å². The van der Waals surface area contributed by atoms with Crippen LogP contribution in [0.4, 0.5) is 0 Å². The third-order valence-electron chi connectivity index (χ3n) is 2.74. The summed E-state index contributed by atoms with van der Waals surface area (Å²) in [5, 5.41) is 13.4. The van der Waals surface area contributed by atoms with Crippen LogP contribution in [-0.2, 0) is 16.0 Å². The quantitative estimate of drug-likeness (QED) is 0.741. The summed E-state index contributed by atoms with van der Waals surface area (Å²) in [6, 6.07) is 0. The molecule has 1 aliphatic carbocycles. The lowest BCUT2D eigenvalue weighted by atomic mass is 10.1. The minimum absolute atomic E-state index is 0.366. The molecule has 0 aromatic carbocycles. The maximum atomic E-state index is 11.6. The van der Waals surface area contributed by atoms with Gasteiger partial charge in [0, 0.05) is 18.3 Å². The zero-order valence-electron chi connectivity index (χ0n) is 8.60. The first-order chi connectivity index (χ1) is 7.65. The molecule has 0 atom stereocenters. The van der Waals surface area contributed by atoms with Crippen LogP contribution in [0.5, 0.6) is 0 Å². The predicted molar refractivity (Wildman–Crippen MR) is 58.1 cm³/mol. The highest BCUT2D eigenvalue weighted by atomic mass is 32.1. The summed E-state index contributed by atoms with van der Waals surface area (Å²) in [6.07, 6.45) is 1.54. The minimum Gasteiger partial charge on any atom is -0.480 e. The standard InChI is InChI=1S/C10H12N2O3S/c13-8(10(2-3-10)9(14)15)11-4-1-7-5-16-6-12-7/h5-6H,1-4H2,(H,11,13)(H,14,15). The lowest BCUT2D eigenvalue weighted by molar-refractivity contribution is -0.149. The van der Waals surface area contributed by atoms with Crippen LogP contribution in [0.25, 0.3) is 0 Å². The van der Waals surface area contributed by atoms with Gasteiger partial charge in [0.25, 0.3) is 0 Å². The first kappa shape index (κ1) is 11.1. The number of carbonyl (C=O) groups excluding carboxylic acids is 1. The molecule has 0 radical (unpaired) electrons. The van der Waals surface area contributed by atoms with Crippen molar-refractivity contribution in [1.82, 2.24) is 10.3 Å². The number of carbonyl (C=O) groups is 2. The number of carboxylic acid groups (broad SMARTS) is 1. The zero-order chi connectivity index (χ0) is 11.6. The average molecular weight is 240 g/mol. The highest BCUT2D eigenvalue weighted by Gasteiger charge is 2.56. The van der Waals surface area contributed by atoms with Gasteiger partial charge in [0.2, 0.25) is 5.91 Å². The summed E-state index contributed by atoms with van der Waals surface area (Å²) in [7, 11) is 0. The Morgan fingerprint density at radius 1 is 1.56 bits per heavy atom. The van der Waals surface area contributed by atoms with Gasteiger partial charge in [0.1, 0.15) is 5.41 Å². The summed E-state index contributed by atoms with van der Waals surface area (Å²) < 4.78 is 0. The molecule has 2 N–H and O–H groups in total. The van der Waals surface area contributed by atoms with Gasteiger partial charge in [0.15, 0.2) is 0 Å². The number of aromatic nitrogens is 1. The van der Waals surface area contributed by atoms with Crippen molar-refractivity contribution in [2.24, 2.45) is 5.41 Å². The highest BCUT2D eigenvalue weighted by molar-refractivity contribution is 7.07. The summed E-state index contributed by atoms with van der Waals surface area (Å²) in [5.74, 6) is -1.38. The fraction of sp³-hybridized carbons (Fsp3) is 0.500. The molecule has 5 nitrogen and oxygen atoms in total. The largest absolute Gasteiger partial charge is 0.480 e. The van der Waals surface area contributed by atoms with Crippen LogP contribution in [0, 0.1) is 5.41 Å². The Kier molecular flexibility index (Phi) is 2.91. The van der Waals surface area contributed by atoms with Crippen LogP contribution in [0.1, 0.15) is 18.5 Å².